The number of alkyl carbamates (subject to hydrolysis) is 1. The van der Waals surface area contributed by atoms with Gasteiger partial charge in [-0.3, -0.25) is 4.79 Å². The number of ether oxygens (including phenoxy) is 1. The van der Waals surface area contributed by atoms with Crippen LogP contribution in [0, 0.1) is 5.92 Å². The van der Waals surface area contributed by atoms with Gasteiger partial charge in [-0.1, -0.05) is 61.4 Å². The molecular formula is C28H32N2O5. The molecule has 7 nitrogen and oxygen atoms in total. The van der Waals surface area contributed by atoms with Crippen molar-refractivity contribution in [1.29, 1.82) is 0 Å². The Hall–Kier alpha value is -3.35. The van der Waals surface area contributed by atoms with Gasteiger partial charge < -0.3 is 20.1 Å². The quantitative estimate of drug-likeness (QED) is 0.638. The zero-order valence-corrected chi connectivity index (χ0v) is 20.0. The van der Waals surface area contributed by atoms with Gasteiger partial charge >= 0.3 is 12.1 Å². The van der Waals surface area contributed by atoms with Crippen LogP contribution in [-0.4, -0.2) is 53.2 Å². The summed E-state index contributed by atoms with van der Waals surface area (Å²) in [6.45, 7) is 0.249. The van der Waals surface area contributed by atoms with Gasteiger partial charge in [-0.15, -0.1) is 0 Å². The normalized spacial score (nSPS) is 22.3. The van der Waals surface area contributed by atoms with E-state index >= 15 is 0 Å². The van der Waals surface area contributed by atoms with Gasteiger partial charge in [0.05, 0.1) is 0 Å². The molecule has 3 aliphatic carbocycles. The van der Waals surface area contributed by atoms with Gasteiger partial charge in [-0.2, -0.15) is 0 Å². The molecule has 5 rings (SSSR count). The van der Waals surface area contributed by atoms with Crippen molar-refractivity contribution < 1.29 is 24.2 Å². The second-order valence-corrected chi connectivity index (χ2v) is 10.1. The Bertz CT molecular complexity index is 1090. The molecular weight excluding hydrogens is 444 g/mol. The van der Waals surface area contributed by atoms with Crippen molar-refractivity contribution in [2.45, 2.75) is 62.4 Å². The van der Waals surface area contributed by atoms with Crippen molar-refractivity contribution in [3.63, 3.8) is 0 Å². The van der Waals surface area contributed by atoms with Gasteiger partial charge in [-0.05, 0) is 54.4 Å². The van der Waals surface area contributed by atoms with E-state index in [-0.39, 0.29) is 30.4 Å². The van der Waals surface area contributed by atoms with E-state index in [0.717, 1.165) is 24.0 Å². The number of likely N-dealkylation sites (N-methyl/N-ethyl adjacent to an activating group) is 1. The van der Waals surface area contributed by atoms with Crippen molar-refractivity contribution in [2.75, 3.05) is 13.7 Å². The standard InChI is InChI=1S/C28H32N2O5/c1-30(28(26(32)33)14-6-7-15-28)25(31)18-12-13-19(16-18)29-27(34)35-17-24-22-10-4-2-8-20(22)21-9-3-5-11-23(21)24/h2-5,8-11,18-19,24H,6-7,12-17H2,1H3,(H,29,34)(H,32,33). The van der Waals surface area contributed by atoms with E-state index in [1.54, 1.807) is 7.05 Å². The zero-order valence-electron chi connectivity index (χ0n) is 20.0. The zero-order chi connectivity index (χ0) is 24.6. The summed E-state index contributed by atoms with van der Waals surface area (Å²) in [5.74, 6) is -1.34. The van der Waals surface area contributed by atoms with Crippen molar-refractivity contribution in [3.05, 3.63) is 59.7 Å². The van der Waals surface area contributed by atoms with Crippen LogP contribution in [0.4, 0.5) is 4.79 Å². The molecule has 3 aliphatic rings. The van der Waals surface area contributed by atoms with Crippen LogP contribution in [0.2, 0.25) is 0 Å². The van der Waals surface area contributed by atoms with Gasteiger partial charge in [0.15, 0.2) is 0 Å². The smallest absolute Gasteiger partial charge is 0.407 e. The van der Waals surface area contributed by atoms with Gasteiger partial charge in [0.2, 0.25) is 5.91 Å². The molecule has 2 aromatic carbocycles. The number of carboxylic acids is 1. The van der Waals surface area contributed by atoms with Crippen LogP contribution >= 0.6 is 0 Å². The highest BCUT2D eigenvalue weighted by Crippen LogP contribution is 2.44. The van der Waals surface area contributed by atoms with E-state index in [2.05, 4.69) is 29.6 Å². The number of benzene rings is 2. The molecule has 2 unspecified atom stereocenters. The summed E-state index contributed by atoms with van der Waals surface area (Å²) in [6, 6.07) is 16.3. The summed E-state index contributed by atoms with van der Waals surface area (Å²) in [7, 11) is 1.62. The van der Waals surface area contributed by atoms with E-state index in [0.29, 0.717) is 32.1 Å². The number of nitrogens with zero attached hydrogens (tertiary/aromatic N) is 1. The van der Waals surface area contributed by atoms with Gasteiger partial charge in [0.1, 0.15) is 12.1 Å². The maximum atomic E-state index is 13.1. The number of fused-ring (bicyclic) bond motifs is 3. The number of amides is 2. The Labute approximate surface area is 205 Å². The molecule has 2 aromatic rings. The second kappa shape index (κ2) is 9.36. The van der Waals surface area contributed by atoms with E-state index in [9.17, 15) is 19.5 Å². The predicted molar refractivity (Wildman–Crippen MR) is 131 cm³/mol. The highest BCUT2D eigenvalue weighted by molar-refractivity contribution is 5.88. The van der Waals surface area contributed by atoms with Crippen molar-refractivity contribution in [1.82, 2.24) is 10.2 Å². The average Bonchev–Trinajstić information content (AvgIpc) is 3.60. The molecule has 2 atom stereocenters. The van der Waals surface area contributed by atoms with Gasteiger partial charge in [-0.25, -0.2) is 9.59 Å². The number of carbonyl (C=O) groups is 3. The lowest BCUT2D eigenvalue weighted by molar-refractivity contribution is -0.159. The highest BCUT2D eigenvalue weighted by Gasteiger charge is 2.48. The third-order valence-corrected chi connectivity index (χ3v) is 8.25. The number of rotatable bonds is 6. The summed E-state index contributed by atoms with van der Waals surface area (Å²) < 4.78 is 5.65. The highest BCUT2D eigenvalue weighted by atomic mass is 16.5. The summed E-state index contributed by atoms with van der Waals surface area (Å²) in [5.41, 5.74) is 3.60. The fourth-order valence-electron chi connectivity index (χ4n) is 6.28. The van der Waals surface area contributed by atoms with Gasteiger partial charge in [0, 0.05) is 24.9 Å². The first-order valence-electron chi connectivity index (χ1n) is 12.5. The van der Waals surface area contributed by atoms with Crippen molar-refractivity contribution >= 4 is 18.0 Å². The minimum absolute atomic E-state index is 0.00155. The van der Waals surface area contributed by atoms with Crippen molar-refractivity contribution in [2.24, 2.45) is 5.92 Å². The first-order chi connectivity index (χ1) is 16.9. The fourth-order valence-corrected chi connectivity index (χ4v) is 6.28. The van der Waals surface area contributed by atoms with Crippen LogP contribution < -0.4 is 5.32 Å². The topological polar surface area (TPSA) is 95.9 Å². The maximum absolute atomic E-state index is 13.1. The largest absolute Gasteiger partial charge is 0.479 e. The number of carboxylic acid groups (broad SMARTS) is 1. The molecule has 2 amide bonds. The average molecular weight is 477 g/mol. The molecule has 35 heavy (non-hydrogen) atoms. The van der Waals surface area contributed by atoms with Gasteiger partial charge in [0.25, 0.3) is 0 Å². The molecule has 2 fully saturated rings. The Morgan fingerprint density at radius 3 is 2.20 bits per heavy atom. The second-order valence-electron chi connectivity index (χ2n) is 10.1. The first kappa shape index (κ1) is 23.4. The van der Waals surface area contributed by atoms with Crippen LogP contribution in [0.1, 0.15) is 62.0 Å². The number of carbonyl (C=O) groups excluding carboxylic acids is 2. The summed E-state index contributed by atoms with van der Waals surface area (Å²) in [4.78, 5) is 39.2. The number of hydrogen-bond donors (Lipinski definition) is 2. The molecule has 0 heterocycles. The molecule has 0 radical (unpaired) electrons. The number of nitrogens with one attached hydrogen (secondary N) is 1. The maximum Gasteiger partial charge on any atom is 0.407 e. The summed E-state index contributed by atoms with van der Waals surface area (Å²) in [6.07, 6.45) is 3.97. The monoisotopic (exact) mass is 476 g/mol. The minimum atomic E-state index is -1.09. The molecule has 2 saturated carbocycles. The van der Waals surface area contributed by atoms with Crippen LogP contribution in [-0.2, 0) is 14.3 Å². The lowest BCUT2D eigenvalue weighted by Gasteiger charge is -2.36. The molecule has 2 N–H and O–H groups in total. The Morgan fingerprint density at radius 2 is 1.60 bits per heavy atom. The van der Waals surface area contributed by atoms with Crippen LogP contribution in [0.15, 0.2) is 48.5 Å². The SMILES string of the molecule is CN(C(=O)C1CCC(NC(=O)OCC2c3ccccc3-c3ccccc32)C1)C1(C(=O)O)CCCC1. The molecule has 0 saturated heterocycles. The first-order valence-corrected chi connectivity index (χ1v) is 12.5. The molecule has 0 spiro atoms. The molecule has 7 heteroatoms. The predicted octanol–water partition coefficient (Wildman–Crippen LogP) is 4.55. The van der Waals surface area contributed by atoms with E-state index < -0.39 is 17.6 Å². The Kier molecular flexibility index (Phi) is 6.26. The lowest BCUT2D eigenvalue weighted by atomic mass is 9.93. The Morgan fingerprint density at radius 1 is 1.00 bits per heavy atom. The molecule has 0 bridgehead atoms. The fraction of sp³-hybridized carbons (Fsp3) is 0.464. The van der Waals surface area contributed by atoms with E-state index in [1.807, 2.05) is 24.3 Å². The molecule has 0 aromatic heterocycles. The minimum Gasteiger partial charge on any atom is -0.479 e. The molecule has 184 valence electrons. The number of aliphatic carboxylic acids is 1. The molecule has 0 aliphatic heterocycles. The Balaban J connectivity index is 1.16. The summed E-state index contributed by atoms with van der Waals surface area (Å²) in [5, 5.41) is 12.7. The lowest BCUT2D eigenvalue weighted by Crippen LogP contribution is -2.54. The van der Waals surface area contributed by atoms with Crippen LogP contribution in [0.3, 0.4) is 0 Å². The third-order valence-electron chi connectivity index (χ3n) is 8.25. The van der Waals surface area contributed by atoms with E-state index in [1.165, 1.54) is 16.0 Å². The third kappa shape index (κ3) is 4.17. The van der Waals surface area contributed by atoms with Crippen LogP contribution in [0.5, 0.6) is 0 Å². The van der Waals surface area contributed by atoms with E-state index in [4.69, 9.17) is 4.74 Å². The van der Waals surface area contributed by atoms with Crippen molar-refractivity contribution in [3.8, 4) is 11.1 Å². The number of hydrogen-bond acceptors (Lipinski definition) is 4. The van der Waals surface area contributed by atoms with Crippen LogP contribution in [0.25, 0.3) is 11.1 Å². The summed E-state index contributed by atoms with van der Waals surface area (Å²) >= 11 is 0.